The van der Waals surface area contributed by atoms with Crippen molar-refractivity contribution in [1.82, 2.24) is 60.0 Å². The van der Waals surface area contributed by atoms with Crippen LogP contribution >= 0.6 is 0 Å². The molecule has 3 aliphatic heterocycles. The molecule has 1 spiro atoms. The Morgan fingerprint density at radius 2 is 1.31 bits per heavy atom. The predicted molar refractivity (Wildman–Crippen MR) is 375 cm³/mol. The van der Waals surface area contributed by atoms with Crippen molar-refractivity contribution in [2.24, 2.45) is 23.7 Å². The number of fused-ring (bicyclic) bond motifs is 3. The Hall–Kier alpha value is -7.79. The first-order chi connectivity index (χ1) is 49.0. The van der Waals surface area contributed by atoms with Gasteiger partial charge in [-0.05, 0) is 119 Å². The third-order valence-electron chi connectivity index (χ3n) is 22.3. The van der Waals surface area contributed by atoms with E-state index in [2.05, 4.69) is 16.0 Å². The maximum absolute atomic E-state index is 15.5. The normalized spacial score (nSPS) is 27.6. The molecule has 2 bridgehead atoms. The number of likely N-dealkylation sites (N-methyl/N-ethyl adjacent to an activating group) is 7. The summed E-state index contributed by atoms with van der Waals surface area (Å²) in [6, 6.07) is -9.80. The van der Waals surface area contributed by atoms with E-state index < -0.39 is 198 Å². The van der Waals surface area contributed by atoms with Gasteiger partial charge in [-0.3, -0.25) is 57.5 Å². The summed E-state index contributed by atoms with van der Waals surface area (Å²) in [4.78, 5) is 191. The van der Waals surface area contributed by atoms with Crippen molar-refractivity contribution < 1.29 is 84.2 Å². The van der Waals surface area contributed by atoms with Gasteiger partial charge in [0.1, 0.15) is 71.1 Å². The number of aryl methyl sites for hydroxylation is 1. The molecular weight excluding hydrogens is 1360 g/mol. The summed E-state index contributed by atoms with van der Waals surface area (Å²) in [6.07, 6.45) is 3.62. The number of rotatable bonds is 13. The molecule has 7 rings (SSSR count). The van der Waals surface area contributed by atoms with Gasteiger partial charge in [-0.1, -0.05) is 91.2 Å². The molecule has 12 amide bonds. The van der Waals surface area contributed by atoms with E-state index in [1.54, 1.807) is 19.9 Å². The van der Waals surface area contributed by atoms with E-state index in [4.69, 9.17) is 4.74 Å². The van der Waals surface area contributed by atoms with Gasteiger partial charge < -0.3 is 64.8 Å². The van der Waals surface area contributed by atoms with Crippen LogP contribution in [0.3, 0.4) is 0 Å². The summed E-state index contributed by atoms with van der Waals surface area (Å²) < 4.78 is 77.9. The summed E-state index contributed by atoms with van der Waals surface area (Å²) in [5.74, 6) is -13.8. The van der Waals surface area contributed by atoms with Gasteiger partial charge in [0.2, 0.25) is 70.9 Å². The predicted octanol–water partition coefficient (Wildman–Crippen LogP) is 5.45. The van der Waals surface area contributed by atoms with Crippen LogP contribution in [-0.4, -0.2) is 264 Å². The maximum atomic E-state index is 15.5. The Morgan fingerprint density at radius 3 is 1.88 bits per heavy atom. The number of ether oxygens (including phenoxy) is 1. The number of carbonyl (C=O) groups excluding carboxylic acids is 12. The molecule has 580 valence electrons. The van der Waals surface area contributed by atoms with Crippen molar-refractivity contribution in [2.45, 2.75) is 236 Å². The second kappa shape index (κ2) is 36.5. The minimum Gasteiger partial charge on any atom is -0.377 e. The Balaban J connectivity index is 1.33. The standard InChI is InChI=1S/C74H111F5N12O13/c1-14-45(5)62-70(101)85(9)43-60(94)86(10)53-29-20-17-23-34-90(69(53)100)57(38-46-25-18-16-19-26-46)68(99)84(8)42-58(92)80-52(31-30-47-36-50(75)61(51(76)37-47)74(77,78)79)66(97)91-41-49(104-15-2)39-55(91)65(96)82-73(32-24-33-73)72(103)89(13)63(48-27-21-22-28-48)71(102)88(12)56(67(98)83(6)7)40-59(93)87(11)54(35-44(3)4)64(95)81-62/h17,20,36-37,44-46,48-49,52-57,62-63H,14-16,18-19,21-35,38-43H2,1-13H3,(H,80,92)(H,81,95)(H,82,96)/b20-17-/t45-,49+,52-,53-,54-,55-,56-,57-,62-,63-/m0/s1. The fourth-order valence-electron chi connectivity index (χ4n) is 15.8. The third-order valence-corrected chi connectivity index (χ3v) is 22.3. The Morgan fingerprint density at radius 1 is 0.683 bits per heavy atom. The first kappa shape index (κ1) is 83.5. The molecule has 104 heavy (non-hydrogen) atoms. The molecule has 0 unspecified atom stereocenters. The van der Waals surface area contributed by atoms with E-state index in [1.807, 2.05) is 26.8 Å². The SMILES string of the molecule is CCO[C@@H]1C[C@H]2C(=O)NC3(CCC3)C(=O)N(C)[C@@H](C3CCCC3)C(=O)N(C)[C@H](C(=O)N(C)C)CC(=O)N(C)[C@@H](CC(C)C)C(=O)N[C@@H]([C@@H](C)CC)C(=O)N(C)CC(=O)N(C)[C@H]3C/C=C\CCN(C3=O)[C@@H](CC3CCCCC3)C(=O)N(C)CC(=O)N[C@@H](CCc3cc(F)c(C(F)(F)F)c(F)c3)C(=O)N2C1. The number of hydrogen-bond acceptors (Lipinski definition) is 13. The number of halogens is 5. The lowest BCUT2D eigenvalue weighted by atomic mass is 9.74. The number of benzene rings is 1. The molecule has 3 N–H and O–H groups in total. The Labute approximate surface area is 608 Å². The molecule has 10 atom stereocenters. The monoisotopic (exact) mass is 1470 g/mol. The van der Waals surface area contributed by atoms with Crippen LogP contribution in [-0.2, 0) is 74.9 Å². The van der Waals surface area contributed by atoms with E-state index in [0.29, 0.717) is 57.1 Å². The quantitative estimate of drug-likeness (QED) is 0.164. The van der Waals surface area contributed by atoms with Gasteiger partial charge in [-0.2, -0.15) is 13.2 Å². The number of nitrogens with zero attached hydrogens (tertiary/aromatic N) is 9. The first-order valence-corrected chi connectivity index (χ1v) is 37.1. The van der Waals surface area contributed by atoms with Crippen LogP contribution in [0.15, 0.2) is 24.3 Å². The molecule has 3 aliphatic carbocycles. The van der Waals surface area contributed by atoms with E-state index in [-0.39, 0.29) is 75.6 Å². The average molecular weight is 1470 g/mol. The van der Waals surface area contributed by atoms with Crippen molar-refractivity contribution >= 4 is 70.9 Å². The molecule has 2 saturated heterocycles. The number of nitrogens with one attached hydrogen (secondary N) is 3. The highest BCUT2D eigenvalue weighted by Crippen LogP contribution is 2.40. The molecule has 3 saturated carbocycles. The zero-order valence-electron chi connectivity index (χ0n) is 62.9. The average Bonchev–Trinajstić information content (AvgIpc) is 1.56. The van der Waals surface area contributed by atoms with Gasteiger partial charge in [-0.25, -0.2) is 8.78 Å². The number of amides is 12. The summed E-state index contributed by atoms with van der Waals surface area (Å²) >= 11 is 0. The van der Waals surface area contributed by atoms with Crippen LogP contribution in [0.4, 0.5) is 22.0 Å². The van der Waals surface area contributed by atoms with E-state index >= 15 is 37.5 Å². The summed E-state index contributed by atoms with van der Waals surface area (Å²) in [6.45, 7) is 7.47. The van der Waals surface area contributed by atoms with Crippen LogP contribution < -0.4 is 16.0 Å². The first-order valence-electron chi connectivity index (χ1n) is 37.1. The summed E-state index contributed by atoms with van der Waals surface area (Å²) in [5, 5.41) is 8.49. The molecular formula is C74H111F5N12O13. The smallest absolute Gasteiger partial charge is 0.377 e. The van der Waals surface area contributed by atoms with Gasteiger partial charge in [0.05, 0.1) is 25.6 Å². The lowest BCUT2D eigenvalue weighted by Gasteiger charge is -2.46. The lowest BCUT2D eigenvalue weighted by molar-refractivity contribution is -0.158. The van der Waals surface area contributed by atoms with Crippen molar-refractivity contribution in [3.63, 3.8) is 0 Å². The number of carbonyl (C=O) groups is 12. The second-order valence-electron chi connectivity index (χ2n) is 30.4. The zero-order valence-corrected chi connectivity index (χ0v) is 62.9. The minimum atomic E-state index is -5.41. The highest BCUT2D eigenvalue weighted by atomic mass is 19.4. The Bertz CT molecular complexity index is 3300. The van der Waals surface area contributed by atoms with Crippen LogP contribution in [0, 0.1) is 35.3 Å². The maximum Gasteiger partial charge on any atom is 0.422 e. The molecule has 0 radical (unpaired) electrons. The molecule has 1 aromatic carbocycles. The van der Waals surface area contributed by atoms with Gasteiger partial charge in [0.15, 0.2) is 0 Å². The topological polar surface area (TPSA) is 279 Å². The highest BCUT2D eigenvalue weighted by Gasteiger charge is 2.54. The summed E-state index contributed by atoms with van der Waals surface area (Å²) in [7, 11) is 11.2. The molecule has 5 fully saturated rings. The number of hydrogen-bond donors (Lipinski definition) is 3. The lowest BCUT2D eigenvalue weighted by Crippen LogP contribution is -2.68. The van der Waals surface area contributed by atoms with Gasteiger partial charge in [-0.15, -0.1) is 0 Å². The third kappa shape index (κ3) is 20.0. The van der Waals surface area contributed by atoms with Crippen molar-refractivity contribution in [3.8, 4) is 0 Å². The zero-order chi connectivity index (χ0) is 77.0. The van der Waals surface area contributed by atoms with Crippen molar-refractivity contribution in [1.29, 1.82) is 0 Å². The Kier molecular flexibility index (Phi) is 29.3. The van der Waals surface area contributed by atoms with Crippen molar-refractivity contribution in [3.05, 3.63) is 47.0 Å². The van der Waals surface area contributed by atoms with Gasteiger partial charge in [0.25, 0.3) is 0 Å². The fraction of sp³-hybridized carbons (Fsp3) is 0.730. The van der Waals surface area contributed by atoms with Crippen LogP contribution in [0.5, 0.6) is 0 Å². The van der Waals surface area contributed by atoms with E-state index in [0.717, 1.165) is 51.7 Å². The second-order valence-corrected chi connectivity index (χ2v) is 30.4. The van der Waals surface area contributed by atoms with Crippen LogP contribution in [0.2, 0.25) is 0 Å². The van der Waals surface area contributed by atoms with E-state index in [1.165, 1.54) is 80.9 Å². The molecule has 6 aliphatic rings. The van der Waals surface area contributed by atoms with Crippen molar-refractivity contribution in [2.75, 3.05) is 89.2 Å². The minimum absolute atomic E-state index is 0.00679. The number of alkyl halides is 3. The van der Waals surface area contributed by atoms with Crippen LogP contribution in [0.25, 0.3) is 0 Å². The van der Waals surface area contributed by atoms with E-state index in [9.17, 15) is 41.9 Å². The van der Waals surface area contributed by atoms with Gasteiger partial charge in [0, 0.05) is 82.5 Å². The molecule has 0 aromatic heterocycles. The molecule has 25 nitrogen and oxygen atoms in total. The molecule has 3 heterocycles. The largest absolute Gasteiger partial charge is 0.422 e. The summed E-state index contributed by atoms with van der Waals surface area (Å²) in [5.41, 5.74) is -4.12. The van der Waals surface area contributed by atoms with Crippen LogP contribution in [0.1, 0.15) is 174 Å². The molecule has 30 heteroatoms. The fourth-order valence-corrected chi connectivity index (χ4v) is 15.8. The highest BCUT2D eigenvalue weighted by molar-refractivity contribution is 6.01. The molecule has 1 aromatic rings. The van der Waals surface area contributed by atoms with Gasteiger partial charge >= 0.3 is 6.18 Å².